The number of hydrogen-bond donors (Lipinski definition) is 1. The van der Waals surface area contributed by atoms with Crippen LogP contribution in [0.5, 0.6) is 0 Å². The van der Waals surface area contributed by atoms with Crippen molar-refractivity contribution in [3.63, 3.8) is 0 Å². The standard InChI is InChI=1S/C15H9BrCl2N4S/c16-12-4-2-1-3-11(12)14-20-21-15(23)22(14)19-8-9-5-6-10(17)7-13(9)18/h1-8H,(H,21,23)/b19-8-. The molecule has 2 aromatic carbocycles. The predicted octanol–water partition coefficient (Wildman–Crippen LogP) is 5.56. The third-order valence-electron chi connectivity index (χ3n) is 3.04. The number of aromatic nitrogens is 3. The number of aromatic amines is 1. The van der Waals surface area contributed by atoms with Crippen LogP contribution in [-0.2, 0) is 0 Å². The van der Waals surface area contributed by atoms with Crippen LogP contribution in [0, 0.1) is 4.77 Å². The lowest BCUT2D eigenvalue weighted by Crippen LogP contribution is -1.96. The molecular formula is C15H9BrCl2N4S. The number of halogens is 3. The highest BCUT2D eigenvalue weighted by Crippen LogP contribution is 2.26. The van der Waals surface area contributed by atoms with E-state index in [4.69, 9.17) is 35.4 Å². The van der Waals surface area contributed by atoms with Gasteiger partial charge in [0.25, 0.3) is 0 Å². The van der Waals surface area contributed by atoms with Gasteiger partial charge in [0, 0.05) is 20.6 Å². The van der Waals surface area contributed by atoms with Crippen LogP contribution in [0.25, 0.3) is 11.4 Å². The normalized spacial score (nSPS) is 11.3. The van der Waals surface area contributed by atoms with Crippen molar-refractivity contribution >= 4 is 57.6 Å². The summed E-state index contributed by atoms with van der Waals surface area (Å²) >= 11 is 20.8. The van der Waals surface area contributed by atoms with Gasteiger partial charge in [0.1, 0.15) is 0 Å². The fraction of sp³-hybridized carbons (Fsp3) is 0. The van der Waals surface area contributed by atoms with E-state index in [0.29, 0.717) is 20.6 Å². The van der Waals surface area contributed by atoms with Gasteiger partial charge in [-0.1, -0.05) is 57.3 Å². The zero-order valence-electron chi connectivity index (χ0n) is 11.5. The second-order valence-corrected chi connectivity index (χ2v) is 6.64. The first-order chi connectivity index (χ1) is 11.1. The first-order valence-electron chi connectivity index (χ1n) is 6.48. The van der Waals surface area contributed by atoms with Gasteiger partial charge in [0.15, 0.2) is 5.82 Å². The number of nitrogens with zero attached hydrogens (tertiary/aromatic N) is 3. The average Bonchev–Trinajstić information content (AvgIpc) is 2.88. The Morgan fingerprint density at radius 3 is 2.74 bits per heavy atom. The van der Waals surface area contributed by atoms with Crippen molar-refractivity contribution in [2.45, 2.75) is 0 Å². The van der Waals surface area contributed by atoms with Crippen molar-refractivity contribution in [3.05, 3.63) is 67.3 Å². The van der Waals surface area contributed by atoms with Gasteiger partial charge in [-0.05, 0) is 36.5 Å². The van der Waals surface area contributed by atoms with Gasteiger partial charge in [0.2, 0.25) is 4.77 Å². The van der Waals surface area contributed by atoms with E-state index in [9.17, 15) is 0 Å². The Labute approximate surface area is 155 Å². The molecule has 8 heteroatoms. The molecule has 4 nitrogen and oxygen atoms in total. The monoisotopic (exact) mass is 426 g/mol. The van der Waals surface area contributed by atoms with Crippen LogP contribution in [0.3, 0.4) is 0 Å². The van der Waals surface area contributed by atoms with Gasteiger partial charge in [-0.3, -0.25) is 0 Å². The summed E-state index contributed by atoms with van der Waals surface area (Å²) in [5.74, 6) is 0.601. The van der Waals surface area contributed by atoms with Gasteiger partial charge in [-0.25, -0.2) is 5.10 Å². The predicted molar refractivity (Wildman–Crippen MR) is 100 cm³/mol. The van der Waals surface area contributed by atoms with Crippen molar-refractivity contribution in [2.75, 3.05) is 0 Å². The number of nitrogens with one attached hydrogen (secondary N) is 1. The lowest BCUT2D eigenvalue weighted by molar-refractivity contribution is 0.871. The van der Waals surface area contributed by atoms with E-state index in [1.54, 1.807) is 29.1 Å². The minimum atomic E-state index is 0.386. The summed E-state index contributed by atoms with van der Waals surface area (Å²) in [5, 5.41) is 12.5. The Morgan fingerprint density at radius 2 is 2.00 bits per heavy atom. The van der Waals surface area contributed by atoms with Crippen LogP contribution in [-0.4, -0.2) is 21.1 Å². The van der Waals surface area contributed by atoms with Crippen molar-refractivity contribution < 1.29 is 0 Å². The summed E-state index contributed by atoms with van der Waals surface area (Å²) in [6, 6.07) is 12.9. The molecular weight excluding hydrogens is 419 g/mol. The molecule has 0 fully saturated rings. The molecule has 0 atom stereocenters. The molecule has 0 spiro atoms. The van der Waals surface area contributed by atoms with E-state index >= 15 is 0 Å². The van der Waals surface area contributed by atoms with Gasteiger partial charge >= 0.3 is 0 Å². The van der Waals surface area contributed by atoms with Gasteiger partial charge in [0.05, 0.1) is 11.2 Å². The van der Waals surface area contributed by atoms with Crippen molar-refractivity contribution in [3.8, 4) is 11.4 Å². The van der Waals surface area contributed by atoms with Crippen molar-refractivity contribution in [1.82, 2.24) is 14.9 Å². The third kappa shape index (κ3) is 3.55. The zero-order chi connectivity index (χ0) is 16.4. The maximum Gasteiger partial charge on any atom is 0.216 e. The summed E-state index contributed by atoms with van der Waals surface area (Å²) < 4.78 is 2.83. The highest BCUT2D eigenvalue weighted by atomic mass is 79.9. The first-order valence-corrected chi connectivity index (χ1v) is 8.43. The molecule has 0 saturated carbocycles. The van der Waals surface area contributed by atoms with Gasteiger partial charge < -0.3 is 0 Å². The van der Waals surface area contributed by atoms with Crippen LogP contribution >= 0.6 is 51.3 Å². The minimum Gasteiger partial charge on any atom is -0.250 e. The molecule has 23 heavy (non-hydrogen) atoms. The summed E-state index contributed by atoms with van der Waals surface area (Å²) in [4.78, 5) is 0. The van der Waals surface area contributed by atoms with Crippen LogP contribution in [0.4, 0.5) is 0 Å². The van der Waals surface area contributed by atoms with E-state index in [1.165, 1.54) is 0 Å². The molecule has 3 rings (SSSR count). The van der Waals surface area contributed by atoms with E-state index in [-0.39, 0.29) is 0 Å². The number of rotatable bonds is 3. The largest absolute Gasteiger partial charge is 0.250 e. The maximum atomic E-state index is 6.15. The summed E-state index contributed by atoms with van der Waals surface area (Å²) in [5.41, 5.74) is 1.61. The first kappa shape index (κ1) is 16.4. The zero-order valence-corrected chi connectivity index (χ0v) is 15.4. The molecule has 0 aliphatic rings. The Hall–Kier alpha value is -1.47. The van der Waals surface area contributed by atoms with E-state index in [0.717, 1.165) is 15.6 Å². The Morgan fingerprint density at radius 1 is 1.22 bits per heavy atom. The Balaban J connectivity index is 2.04. The molecule has 0 bridgehead atoms. The molecule has 1 aromatic heterocycles. The molecule has 116 valence electrons. The fourth-order valence-electron chi connectivity index (χ4n) is 1.94. The Bertz CT molecular complexity index is 949. The topological polar surface area (TPSA) is 46.0 Å². The number of hydrogen-bond acceptors (Lipinski definition) is 3. The number of benzene rings is 2. The molecule has 3 aromatic rings. The molecule has 1 heterocycles. The van der Waals surface area contributed by atoms with Crippen LogP contribution in [0.1, 0.15) is 5.56 Å². The average molecular weight is 428 g/mol. The fourth-order valence-corrected chi connectivity index (χ4v) is 3.04. The summed E-state index contributed by atoms with van der Waals surface area (Å²) in [6.07, 6.45) is 1.62. The molecule has 0 radical (unpaired) electrons. The lowest BCUT2D eigenvalue weighted by atomic mass is 10.2. The molecule has 0 saturated heterocycles. The lowest BCUT2D eigenvalue weighted by Gasteiger charge is -2.03. The quantitative estimate of drug-likeness (QED) is 0.439. The second-order valence-electron chi connectivity index (χ2n) is 4.55. The van der Waals surface area contributed by atoms with Crippen LogP contribution < -0.4 is 0 Å². The number of H-pyrrole nitrogens is 1. The molecule has 0 aliphatic carbocycles. The highest BCUT2D eigenvalue weighted by molar-refractivity contribution is 9.10. The van der Waals surface area contributed by atoms with E-state index < -0.39 is 0 Å². The van der Waals surface area contributed by atoms with E-state index in [2.05, 4.69) is 31.2 Å². The molecule has 0 unspecified atom stereocenters. The van der Waals surface area contributed by atoms with Gasteiger partial charge in [-0.15, -0.1) is 0 Å². The summed E-state index contributed by atoms with van der Waals surface area (Å²) in [6.45, 7) is 0. The molecule has 0 amide bonds. The summed E-state index contributed by atoms with van der Waals surface area (Å²) in [7, 11) is 0. The van der Waals surface area contributed by atoms with Crippen molar-refractivity contribution in [2.24, 2.45) is 5.10 Å². The Kier molecular flexibility index (Phi) is 4.96. The van der Waals surface area contributed by atoms with Crippen LogP contribution in [0.2, 0.25) is 10.0 Å². The minimum absolute atomic E-state index is 0.386. The smallest absolute Gasteiger partial charge is 0.216 e. The SMILES string of the molecule is S=c1[nH]nc(-c2ccccc2Br)n1/N=C\c1ccc(Cl)cc1Cl. The third-order valence-corrected chi connectivity index (χ3v) is 4.56. The van der Waals surface area contributed by atoms with Crippen LogP contribution in [0.15, 0.2) is 52.0 Å². The van der Waals surface area contributed by atoms with Gasteiger partial charge in [-0.2, -0.15) is 14.9 Å². The van der Waals surface area contributed by atoms with E-state index in [1.807, 2.05) is 24.3 Å². The highest BCUT2D eigenvalue weighted by Gasteiger charge is 2.11. The molecule has 0 aliphatic heterocycles. The van der Waals surface area contributed by atoms with Crippen molar-refractivity contribution in [1.29, 1.82) is 0 Å². The molecule has 1 N–H and O–H groups in total. The maximum absolute atomic E-state index is 6.15. The second kappa shape index (κ2) is 6.97.